The molecule has 0 amide bonds. The summed E-state index contributed by atoms with van der Waals surface area (Å²) in [5, 5.41) is 9.02. The van der Waals surface area contributed by atoms with Gasteiger partial charge in [-0.05, 0) is 48.3 Å². The Morgan fingerprint density at radius 1 is 0.943 bits per heavy atom. The second-order valence-electron chi connectivity index (χ2n) is 11.4. The number of ketones is 2. The van der Waals surface area contributed by atoms with Gasteiger partial charge in [0.1, 0.15) is 0 Å². The third-order valence-corrected chi connectivity index (χ3v) is 7.13. The third-order valence-electron chi connectivity index (χ3n) is 7.13. The van der Waals surface area contributed by atoms with E-state index in [2.05, 4.69) is 32.6 Å². The quantitative estimate of drug-likeness (QED) is 0.620. The number of carboxylic acids is 1. The highest BCUT2D eigenvalue weighted by molar-refractivity contribution is 6.06. The molecule has 0 saturated carbocycles. The van der Waals surface area contributed by atoms with Crippen molar-refractivity contribution < 1.29 is 29.0 Å². The average molecular weight is 482 g/mol. The number of benzene rings is 1. The summed E-state index contributed by atoms with van der Waals surface area (Å²) >= 11 is 0. The van der Waals surface area contributed by atoms with E-state index in [1.54, 1.807) is 12.1 Å². The minimum Gasteiger partial charge on any atom is -0.490 e. The molecule has 0 radical (unpaired) electrons. The number of carbonyl (C=O) groups is 3. The normalized spacial score (nSPS) is 21.6. The molecule has 7 heteroatoms. The smallest absolute Gasteiger partial charge is 0.341 e. The Hall–Kier alpha value is -3.09. The summed E-state index contributed by atoms with van der Waals surface area (Å²) in [6.07, 6.45) is 2.36. The number of Topliss-reactive ketones (excluding diaryl/α,β-unsaturated/α-hetero) is 2. The van der Waals surface area contributed by atoms with Crippen LogP contribution in [-0.4, -0.2) is 47.8 Å². The predicted molar refractivity (Wildman–Crippen MR) is 131 cm³/mol. The zero-order valence-corrected chi connectivity index (χ0v) is 21.5. The molecule has 0 atom stereocenters. The van der Waals surface area contributed by atoms with Crippen LogP contribution in [0.2, 0.25) is 0 Å². The first-order valence-corrected chi connectivity index (χ1v) is 12.2. The Morgan fingerprint density at radius 3 is 1.97 bits per heavy atom. The summed E-state index contributed by atoms with van der Waals surface area (Å²) < 4.78 is 11.2. The van der Waals surface area contributed by atoms with Gasteiger partial charge in [0.15, 0.2) is 29.7 Å². The number of aliphatic carboxylic acids is 1. The van der Waals surface area contributed by atoms with E-state index >= 15 is 0 Å². The number of hydrogen-bond acceptors (Lipinski definition) is 6. The summed E-state index contributed by atoms with van der Waals surface area (Å²) in [5.74, 6) is -0.690. The van der Waals surface area contributed by atoms with E-state index < -0.39 is 18.5 Å². The maximum atomic E-state index is 13.6. The lowest BCUT2D eigenvalue weighted by molar-refractivity contribution is -0.139. The average Bonchev–Trinajstić information content (AvgIpc) is 2.73. The van der Waals surface area contributed by atoms with Crippen molar-refractivity contribution in [2.45, 2.75) is 66.2 Å². The molecule has 1 aromatic rings. The fraction of sp³-hybridized carbons (Fsp3) is 0.536. The van der Waals surface area contributed by atoms with Gasteiger partial charge >= 0.3 is 5.97 Å². The van der Waals surface area contributed by atoms with Crippen molar-refractivity contribution in [3.8, 4) is 11.5 Å². The van der Waals surface area contributed by atoms with Gasteiger partial charge in [-0.15, -0.1) is 0 Å². The van der Waals surface area contributed by atoms with E-state index in [4.69, 9.17) is 14.6 Å². The van der Waals surface area contributed by atoms with Crippen LogP contribution in [0.25, 0.3) is 0 Å². The van der Waals surface area contributed by atoms with Crippen LogP contribution < -0.4 is 9.47 Å². The molecule has 1 aromatic carbocycles. The molecule has 35 heavy (non-hydrogen) atoms. The zero-order valence-electron chi connectivity index (χ0n) is 21.5. The van der Waals surface area contributed by atoms with Crippen molar-refractivity contribution in [3.63, 3.8) is 0 Å². The molecule has 3 aliphatic rings. The largest absolute Gasteiger partial charge is 0.490 e. The van der Waals surface area contributed by atoms with Gasteiger partial charge in [0, 0.05) is 48.3 Å². The van der Waals surface area contributed by atoms with Crippen molar-refractivity contribution in [2.24, 2.45) is 10.8 Å². The van der Waals surface area contributed by atoms with E-state index in [1.165, 1.54) is 0 Å². The summed E-state index contributed by atoms with van der Waals surface area (Å²) in [5.41, 5.74) is 3.83. The van der Waals surface area contributed by atoms with Crippen LogP contribution in [0, 0.1) is 10.8 Å². The van der Waals surface area contributed by atoms with Crippen molar-refractivity contribution in [2.75, 3.05) is 20.3 Å². The van der Waals surface area contributed by atoms with Gasteiger partial charge < -0.3 is 19.5 Å². The molecule has 0 spiro atoms. The Morgan fingerprint density at radius 2 is 1.49 bits per heavy atom. The lowest BCUT2D eigenvalue weighted by atomic mass is 9.64. The minimum atomic E-state index is -1.08. The number of allylic oxidation sites excluding steroid dienone is 4. The number of carbonyl (C=O) groups excluding carboxylic acids is 2. The number of hydrogen-bond donors (Lipinski definition) is 1. The maximum Gasteiger partial charge on any atom is 0.341 e. The lowest BCUT2D eigenvalue weighted by Gasteiger charge is -2.47. The van der Waals surface area contributed by atoms with Crippen LogP contribution in [0.15, 0.2) is 40.7 Å². The molecule has 1 heterocycles. The van der Waals surface area contributed by atoms with Crippen LogP contribution in [0.4, 0.5) is 0 Å². The van der Waals surface area contributed by atoms with Crippen molar-refractivity contribution in [3.05, 3.63) is 46.3 Å². The molecule has 0 bridgehead atoms. The Kier molecular flexibility index (Phi) is 6.32. The summed E-state index contributed by atoms with van der Waals surface area (Å²) in [7, 11) is 1.98. The van der Waals surface area contributed by atoms with E-state index in [-0.39, 0.29) is 22.4 Å². The number of nitrogens with zero attached hydrogens (tertiary/aromatic N) is 1. The maximum absolute atomic E-state index is 13.6. The zero-order chi connectivity index (χ0) is 25.7. The standard InChI is InChI=1S/C28H35NO6/c1-7-34-22-10-16(8-9-21(22)35-15-23(32)33)24-25-17(11-27(2,3)13-19(25)30)29(6)18-12-28(4,5)14-20(31)26(18)24/h8-10,24H,7,11-15H2,1-6H3,(H,32,33). The summed E-state index contributed by atoms with van der Waals surface area (Å²) in [4.78, 5) is 40.3. The van der Waals surface area contributed by atoms with Gasteiger partial charge in [-0.2, -0.15) is 0 Å². The SMILES string of the molecule is CCOc1cc(C2C3=C(CC(C)(C)CC3=O)N(C)C3=C2C(=O)CC(C)(C)C3)ccc1OCC(=O)O. The van der Waals surface area contributed by atoms with Crippen molar-refractivity contribution >= 4 is 17.5 Å². The molecule has 0 fully saturated rings. The fourth-order valence-corrected chi connectivity index (χ4v) is 5.73. The van der Waals surface area contributed by atoms with Crippen LogP contribution >= 0.6 is 0 Å². The van der Waals surface area contributed by atoms with E-state index in [1.807, 2.05) is 20.0 Å². The summed E-state index contributed by atoms with van der Waals surface area (Å²) in [6.45, 7) is 10.2. The van der Waals surface area contributed by atoms with Gasteiger partial charge in [-0.25, -0.2) is 4.79 Å². The third kappa shape index (κ3) is 4.73. The van der Waals surface area contributed by atoms with Crippen LogP contribution in [0.5, 0.6) is 11.5 Å². The predicted octanol–water partition coefficient (Wildman–Crippen LogP) is 4.86. The first-order chi connectivity index (χ1) is 16.3. The molecule has 2 aliphatic carbocycles. The van der Waals surface area contributed by atoms with E-state index in [0.29, 0.717) is 42.1 Å². The molecular formula is C28H35NO6. The Bertz CT molecular complexity index is 1100. The second-order valence-corrected chi connectivity index (χ2v) is 11.4. The molecule has 4 rings (SSSR count). The van der Waals surface area contributed by atoms with Crippen LogP contribution in [0.1, 0.15) is 71.8 Å². The fourth-order valence-electron chi connectivity index (χ4n) is 5.73. The van der Waals surface area contributed by atoms with Crippen molar-refractivity contribution in [1.82, 2.24) is 4.90 Å². The number of rotatable bonds is 6. The Labute approximate surface area is 206 Å². The highest BCUT2D eigenvalue weighted by atomic mass is 16.5. The van der Waals surface area contributed by atoms with Gasteiger partial charge in [-0.3, -0.25) is 9.59 Å². The molecular weight excluding hydrogens is 446 g/mol. The monoisotopic (exact) mass is 481 g/mol. The molecule has 0 aromatic heterocycles. The van der Waals surface area contributed by atoms with Crippen LogP contribution in [0.3, 0.4) is 0 Å². The number of ether oxygens (including phenoxy) is 2. The highest BCUT2D eigenvalue weighted by Gasteiger charge is 2.48. The molecule has 0 unspecified atom stereocenters. The van der Waals surface area contributed by atoms with Gasteiger partial charge in [0.2, 0.25) is 0 Å². The lowest BCUT2D eigenvalue weighted by Crippen LogP contribution is -2.43. The second kappa shape index (κ2) is 8.85. The number of carboxylic acid groups (broad SMARTS) is 1. The Balaban J connectivity index is 1.90. The van der Waals surface area contributed by atoms with Crippen molar-refractivity contribution in [1.29, 1.82) is 0 Å². The molecule has 1 aliphatic heterocycles. The van der Waals surface area contributed by atoms with E-state index in [9.17, 15) is 14.4 Å². The molecule has 0 saturated heterocycles. The topological polar surface area (TPSA) is 93.1 Å². The summed E-state index contributed by atoms with van der Waals surface area (Å²) in [6, 6.07) is 5.30. The first kappa shape index (κ1) is 25.0. The molecule has 7 nitrogen and oxygen atoms in total. The van der Waals surface area contributed by atoms with E-state index in [0.717, 1.165) is 29.8 Å². The van der Waals surface area contributed by atoms with Gasteiger partial charge in [0.05, 0.1) is 6.61 Å². The molecule has 1 N–H and O–H groups in total. The highest BCUT2D eigenvalue weighted by Crippen LogP contribution is 2.54. The van der Waals surface area contributed by atoms with Gasteiger partial charge in [0.25, 0.3) is 0 Å². The first-order valence-electron chi connectivity index (χ1n) is 12.2. The van der Waals surface area contributed by atoms with Gasteiger partial charge in [-0.1, -0.05) is 33.8 Å². The molecule has 188 valence electrons. The van der Waals surface area contributed by atoms with Crippen LogP contribution in [-0.2, 0) is 14.4 Å². The minimum absolute atomic E-state index is 0.0708.